The molecule has 18 heavy (non-hydrogen) atoms. The van der Waals surface area contributed by atoms with Gasteiger partial charge >= 0.3 is 0 Å². The molecule has 0 atom stereocenters. The van der Waals surface area contributed by atoms with E-state index in [1.165, 1.54) is 0 Å². The molecular weight excluding hydrogens is 228 g/mol. The number of aromatic nitrogens is 2. The lowest BCUT2D eigenvalue weighted by Crippen LogP contribution is -2.06. The Morgan fingerprint density at radius 2 is 2.11 bits per heavy atom. The third-order valence-electron chi connectivity index (χ3n) is 2.56. The fraction of sp³-hybridized carbons (Fsp3) is 0.286. The first kappa shape index (κ1) is 12.5. The van der Waals surface area contributed by atoms with Crippen LogP contribution in [0.4, 0.5) is 0 Å². The normalized spacial score (nSPS) is 10.3. The maximum absolute atomic E-state index is 9.20. The minimum absolute atomic E-state index is 0.111. The first-order chi connectivity index (χ1) is 8.79. The monoisotopic (exact) mass is 244 g/mol. The van der Waals surface area contributed by atoms with E-state index >= 15 is 0 Å². The van der Waals surface area contributed by atoms with Crippen molar-refractivity contribution in [1.29, 1.82) is 0 Å². The molecule has 2 aromatic heterocycles. The van der Waals surface area contributed by atoms with E-state index in [4.69, 9.17) is 4.74 Å². The van der Waals surface area contributed by atoms with E-state index < -0.39 is 0 Å². The van der Waals surface area contributed by atoms with Crippen LogP contribution in [0.5, 0.6) is 5.75 Å². The van der Waals surface area contributed by atoms with Crippen LogP contribution in [0, 0.1) is 6.92 Å². The molecule has 2 aromatic rings. The van der Waals surface area contributed by atoms with Gasteiger partial charge in [0.25, 0.3) is 0 Å². The molecular formula is C14H16N2O2. The van der Waals surface area contributed by atoms with Gasteiger partial charge in [0.15, 0.2) is 0 Å². The standard InChI is InChI=1S/C14H16N2O2/c1-11-5-6-14(13(10-17)16-11)18-9-7-12-4-2-3-8-15-12/h2-6,8,17H,7,9-10H2,1H3. The molecule has 0 saturated heterocycles. The molecule has 0 bridgehead atoms. The van der Waals surface area contributed by atoms with Crippen molar-refractivity contribution in [3.8, 4) is 5.75 Å². The Morgan fingerprint density at radius 1 is 1.22 bits per heavy atom. The van der Waals surface area contributed by atoms with Crippen molar-refractivity contribution in [3.05, 3.63) is 53.6 Å². The first-order valence-electron chi connectivity index (χ1n) is 5.89. The highest BCUT2D eigenvalue weighted by Crippen LogP contribution is 2.17. The van der Waals surface area contributed by atoms with Crippen LogP contribution in [0.2, 0.25) is 0 Å². The highest BCUT2D eigenvalue weighted by Gasteiger charge is 2.04. The number of nitrogens with zero attached hydrogens (tertiary/aromatic N) is 2. The first-order valence-corrected chi connectivity index (χ1v) is 5.89. The number of rotatable bonds is 5. The van der Waals surface area contributed by atoms with Gasteiger partial charge in [0.05, 0.1) is 13.2 Å². The molecule has 0 saturated carbocycles. The molecule has 2 rings (SSSR count). The minimum Gasteiger partial charge on any atom is -0.491 e. The zero-order valence-corrected chi connectivity index (χ0v) is 10.3. The smallest absolute Gasteiger partial charge is 0.143 e. The molecule has 0 amide bonds. The summed E-state index contributed by atoms with van der Waals surface area (Å²) in [6, 6.07) is 9.51. The number of hydrogen-bond acceptors (Lipinski definition) is 4. The van der Waals surface area contributed by atoms with E-state index in [0.717, 1.165) is 17.8 Å². The average Bonchev–Trinajstić information content (AvgIpc) is 2.41. The van der Waals surface area contributed by atoms with Gasteiger partial charge in [0, 0.05) is 24.0 Å². The van der Waals surface area contributed by atoms with Gasteiger partial charge in [-0.1, -0.05) is 6.07 Å². The van der Waals surface area contributed by atoms with Crippen molar-refractivity contribution < 1.29 is 9.84 Å². The maximum atomic E-state index is 9.20. The molecule has 0 aliphatic heterocycles. The summed E-state index contributed by atoms with van der Waals surface area (Å²) in [7, 11) is 0. The van der Waals surface area contributed by atoms with Gasteiger partial charge in [0.1, 0.15) is 11.4 Å². The van der Waals surface area contributed by atoms with E-state index in [-0.39, 0.29) is 6.61 Å². The summed E-state index contributed by atoms with van der Waals surface area (Å²) in [4.78, 5) is 8.45. The zero-order chi connectivity index (χ0) is 12.8. The molecule has 0 aromatic carbocycles. The molecule has 0 spiro atoms. The lowest BCUT2D eigenvalue weighted by atomic mass is 10.2. The SMILES string of the molecule is Cc1ccc(OCCc2ccccn2)c(CO)n1. The van der Waals surface area contributed by atoms with Crippen molar-refractivity contribution in [3.63, 3.8) is 0 Å². The second-order valence-electron chi connectivity index (χ2n) is 3.98. The maximum Gasteiger partial charge on any atom is 0.143 e. The number of hydrogen-bond donors (Lipinski definition) is 1. The second kappa shape index (κ2) is 6.12. The van der Waals surface area contributed by atoms with Crippen molar-refractivity contribution in [2.24, 2.45) is 0 Å². The summed E-state index contributed by atoms with van der Waals surface area (Å²) in [5, 5.41) is 9.20. The Balaban J connectivity index is 1.94. The van der Waals surface area contributed by atoms with Crippen LogP contribution in [-0.2, 0) is 13.0 Å². The van der Waals surface area contributed by atoms with Gasteiger partial charge in [0.2, 0.25) is 0 Å². The third-order valence-corrected chi connectivity index (χ3v) is 2.56. The van der Waals surface area contributed by atoms with E-state index in [9.17, 15) is 5.11 Å². The summed E-state index contributed by atoms with van der Waals surface area (Å²) in [5.74, 6) is 0.638. The van der Waals surface area contributed by atoms with E-state index in [2.05, 4.69) is 9.97 Å². The average molecular weight is 244 g/mol. The number of pyridine rings is 2. The summed E-state index contributed by atoms with van der Waals surface area (Å²) in [6.45, 7) is 2.30. The summed E-state index contributed by atoms with van der Waals surface area (Å²) < 4.78 is 5.62. The second-order valence-corrected chi connectivity index (χ2v) is 3.98. The lowest BCUT2D eigenvalue weighted by molar-refractivity contribution is 0.257. The fourth-order valence-electron chi connectivity index (χ4n) is 1.65. The Hall–Kier alpha value is -1.94. The molecule has 0 aliphatic carbocycles. The highest BCUT2D eigenvalue weighted by atomic mass is 16.5. The molecule has 0 aliphatic rings. The van der Waals surface area contributed by atoms with Crippen LogP contribution in [0.25, 0.3) is 0 Å². The van der Waals surface area contributed by atoms with Gasteiger partial charge < -0.3 is 9.84 Å². The minimum atomic E-state index is -0.111. The third kappa shape index (κ3) is 3.28. The Bertz CT molecular complexity index is 500. The van der Waals surface area contributed by atoms with Crippen LogP contribution >= 0.6 is 0 Å². The van der Waals surface area contributed by atoms with Crippen LogP contribution in [-0.4, -0.2) is 21.7 Å². The molecule has 0 fully saturated rings. The summed E-state index contributed by atoms with van der Waals surface area (Å²) >= 11 is 0. The zero-order valence-electron chi connectivity index (χ0n) is 10.3. The molecule has 0 radical (unpaired) electrons. The summed E-state index contributed by atoms with van der Waals surface area (Å²) in [6.07, 6.45) is 2.50. The summed E-state index contributed by atoms with van der Waals surface area (Å²) in [5.41, 5.74) is 2.44. The molecule has 4 heteroatoms. The highest BCUT2D eigenvalue weighted by molar-refractivity contribution is 5.28. The van der Waals surface area contributed by atoms with Gasteiger partial charge in [-0.25, -0.2) is 0 Å². The Labute approximate surface area is 106 Å². The van der Waals surface area contributed by atoms with Crippen LogP contribution in [0.3, 0.4) is 0 Å². The number of ether oxygens (including phenoxy) is 1. The predicted molar refractivity (Wildman–Crippen MR) is 68.3 cm³/mol. The Kier molecular flexibility index (Phi) is 4.25. The van der Waals surface area contributed by atoms with Crippen LogP contribution in [0.1, 0.15) is 17.1 Å². The van der Waals surface area contributed by atoms with Crippen molar-refractivity contribution >= 4 is 0 Å². The van der Waals surface area contributed by atoms with Gasteiger partial charge in [-0.3, -0.25) is 9.97 Å². The van der Waals surface area contributed by atoms with Gasteiger partial charge in [-0.15, -0.1) is 0 Å². The van der Waals surface area contributed by atoms with Crippen LogP contribution in [0.15, 0.2) is 36.5 Å². The largest absolute Gasteiger partial charge is 0.491 e. The lowest BCUT2D eigenvalue weighted by Gasteiger charge is -2.09. The number of aryl methyl sites for hydroxylation is 1. The van der Waals surface area contributed by atoms with E-state index in [1.54, 1.807) is 6.20 Å². The molecule has 0 unspecified atom stereocenters. The van der Waals surface area contributed by atoms with Crippen molar-refractivity contribution in [1.82, 2.24) is 9.97 Å². The van der Waals surface area contributed by atoms with Gasteiger partial charge in [-0.05, 0) is 31.2 Å². The molecule has 4 nitrogen and oxygen atoms in total. The molecule has 94 valence electrons. The van der Waals surface area contributed by atoms with E-state index in [0.29, 0.717) is 18.1 Å². The quantitative estimate of drug-likeness (QED) is 0.872. The number of aliphatic hydroxyl groups excluding tert-OH is 1. The van der Waals surface area contributed by atoms with E-state index in [1.807, 2.05) is 37.3 Å². The van der Waals surface area contributed by atoms with Crippen molar-refractivity contribution in [2.45, 2.75) is 20.0 Å². The van der Waals surface area contributed by atoms with Crippen LogP contribution < -0.4 is 4.74 Å². The molecule has 2 heterocycles. The molecule has 1 N–H and O–H groups in total. The van der Waals surface area contributed by atoms with Gasteiger partial charge in [-0.2, -0.15) is 0 Å². The predicted octanol–water partition coefficient (Wildman–Crippen LogP) is 1.90. The van der Waals surface area contributed by atoms with Crippen molar-refractivity contribution in [2.75, 3.05) is 6.61 Å². The fourth-order valence-corrected chi connectivity index (χ4v) is 1.65. The number of aliphatic hydroxyl groups is 1. The Morgan fingerprint density at radius 3 is 2.83 bits per heavy atom. The topological polar surface area (TPSA) is 55.2 Å².